The van der Waals surface area contributed by atoms with Crippen molar-refractivity contribution in [1.82, 2.24) is 4.90 Å². The zero-order valence-electron chi connectivity index (χ0n) is 9.13. The summed E-state index contributed by atoms with van der Waals surface area (Å²) < 4.78 is 0. The lowest BCUT2D eigenvalue weighted by atomic mass is 9.98. The molecule has 0 aromatic rings. The molecule has 0 aromatic heterocycles. The maximum atomic E-state index is 11.9. The number of hydrogen-bond donors (Lipinski definition) is 0. The van der Waals surface area contributed by atoms with Crippen molar-refractivity contribution in [2.24, 2.45) is 5.92 Å². The van der Waals surface area contributed by atoms with Crippen molar-refractivity contribution in [2.45, 2.75) is 45.6 Å². The number of alkyl halides is 1. The Bertz CT molecular complexity index is 192. The second kappa shape index (κ2) is 5.74. The Morgan fingerprint density at radius 3 is 2.79 bits per heavy atom. The number of carbonyl (C=O) groups is 1. The maximum Gasteiger partial charge on any atom is 0.225 e. The van der Waals surface area contributed by atoms with Crippen LogP contribution in [0.25, 0.3) is 0 Å². The predicted molar refractivity (Wildman–Crippen MR) is 62.6 cm³/mol. The predicted octanol–water partition coefficient (Wildman–Crippen LogP) is 2.81. The van der Waals surface area contributed by atoms with Crippen LogP contribution in [0.1, 0.15) is 39.5 Å². The number of carbonyl (C=O) groups excluding carboxylic acids is 1. The molecule has 0 aromatic carbocycles. The van der Waals surface area contributed by atoms with Gasteiger partial charge in [0, 0.05) is 23.8 Å². The Hall–Kier alpha value is -0.0500. The molecule has 1 heterocycles. The second-order valence-electron chi connectivity index (χ2n) is 4.31. The van der Waals surface area contributed by atoms with Crippen molar-refractivity contribution in [1.29, 1.82) is 0 Å². The van der Waals surface area contributed by atoms with Gasteiger partial charge in [-0.1, -0.05) is 29.8 Å². The van der Waals surface area contributed by atoms with Crippen LogP contribution in [-0.2, 0) is 4.79 Å². The molecule has 0 aliphatic carbocycles. The van der Waals surface area contributed by atoms with E-state index in [-0.39, 0.29) is 5.92 Å². The van der Waals surface area contributed by atoms with Crippen molar-refractivity contribution in [2.75, 3.05) is 11.9 Å². The highest BCUT2D eigenvalue weighted by molar-refractivity contribution is 9.09. The quantitative estimate of drug-likeness (QED) is 0.716. The number of piperidine rings is 1. The zero-order chi connectivity index (χ0) is 10.6. The fourth-order valence-electron chi connectivity index (χ4n) is 2.05. The van der Waals surface area contributed by atoms with Gasteiger partial charge in [0.1, 0.15) is 0 Å². The molecule has 0 saturated carbocycles. The van der Waals surface area contributed by atoms with E-state index in [2.05, 4.69) is 20.8 Å². The number of rotatable bonds is 3. The average molecular weight is 262 g/mol. The molecule has 1 fully saturated rings. The molecular formula is C11H20BrNO. The van der Waals surface area contributed by atoms with Crippen LogP contribution in [0.15, 0.2) is 0 Å². The molecule has 1 aliphatic rings. The average Bonchev–Trinajstić information content (AvgIpc) is 2.18. The van der Waals surface area contributed by atoms with Gasteiger partial charge in [0.15, 0.2) is 0 Å². The number of halogens is 1. The fraction of sp³-hybridized carbons (Fsp3) is 0.909. The van der Waals surface area contributed by atoms with Crippen molar-refractivity contribution >= 4 is 21.8 Å². The highest BCUT2D eigenvalue weighted by Gasteiger charge is 2.27. The van der Waals surface area contributed by atoms with Crippen LogP contribution < -0.4 is 0 Å². The Kier molecular flexibility index (Phi) is 4.93. The van der Waals surface area contributed by atoms with E-state index in [9.17, 15) is 4.79 Å². The van der Waals surface area contributed by atoms with Crippen molar-refractivity contribution in [3.63, 3.8) is 0 Å². The van der Waals surface area contributed by atoms with Crippen molar-refractivity contribution in [3.05, 3.63) is 0 Å². The first-order valence-electron chi connectivity index (χ1n) is 5.53. The summed E-state index contributed by atoms with van der Waals surface area (Å²) in [7, 11) is 0. The summed E-state index contributed by atoms with van der Waals surface area (Å²) in [5.74, 6) is 0.474. The Labute approximate surface area is 95.2 Å². The van der Waals surface area contributed by atoms with Gasteiger partial charge in [0.2, 0.25) is 5.91 Å². The third-order valence-corrected chi connectivity index (χ3v) is 3.30. The first-order chi connectivity index (χ1) is 6.66. The van der Waals surface area contributed by atoms with E-state index in [0.717, 1.165) is 18.3 Å². The normalized spacial score (nSPS) is 22.9. The molecule has 14 heavy (non-hydrogen) atoms. The zero-order valence-corrected chi connectivity index (χ0v) is 10.7. The summed E-state index contributed by atoms with van der Waals surface area (Å²) in [5.41, 5.74) is 0. The molecule has 3 heteroatoms. The topological polar surface area (TPSA) is 20.3 Å². The van der Waals surface area contributed by atoms with Gasteiger partial charge in [-0.15, -0.1) is 0 Å². The molecule has 1 atom stereocenters. The van der Waals surface area contributed by atoms with Gasteiger partial charge in [-0.25, -0.2) is 0 Å². The summed E-state index contributed by atoms with van der Waals surface area (Å²) in [5, 5.41) is 1.000. The molecule has 0 spiro atoms. The lowest BCUT2D eigenvalue weighted by Gasteiger charge is -2.36. The van der Waals surface area contributed by atoms with Crippen LogP contribution in [0, 0.1) is 5.92 Å². The van der Waals surface area contributed by atoms with Crippen LogP contribution in [0.5, 0.6) is 0 Å². The molecule has 0 bridgehead atoms. The van der Waals surface area contributed by atoms with E-state index in [1.807, 2.05) is 13.8 Å². The second-order valence-corrected chi connectivity index (χ2v) is 5.11. The summed E-state index contributed by atoms with van der Waals surface area (Å²) in [6.45, 7) is 4.94. The molecule has 0 N–H and O–H groups in total. The lowest BCUT2D eigenvalue weighted by Crippen LogP contribution is -2.45. The molecule has 1 aliphatic heterocycles. The van der Waals surface area contributed by atoms with Crippen molar-refractivity contribution in [3.8, 4) is 0 Å². The molecule has 2 nitrogen and oxygen atoms in total. The molecule has 1 saturated heterocycles. The highest BCUT2D eigenvalue weighted by Crippen LogP contribution is 2.22. The van der Waals surface area contributed by atoms with E-state index < -0.39 is 0 Å². The van der Waals surface area contributed by atoms with Gasteiger partial charge >= 0.3 is 0 Å². The minimum absolute atomic E-state index is 0.144. The van der Waals surface area contributed by atoms with Gasteiger partial charge in [-0.3, -0.25) is 4.79 Å². The smallest absolute Gasteiger partial charge is 0.225 e. The molecular weight excluding hydrogens is 242 g/mol. The minimum Gasteiger partial charge on any atom is -0.339 e. The monoisotopic (exact) mass is 261 g/mol. The Morgan fingerprint density at radius 1 is 1.50 bits per heavy atom. The van der Waals surface area contributed by atoms with Gasteiger partial charge < -0.3 is 4.90 Å². The molecule has 1 rings (SSSR count). The van der Waals surface area contributed by atoms with Crippen LogP contribution in [0.4, 0.5) is 0 Å². The minimum atomic E-state index is 0.144. The third kappa shape index (κ3) is 2.97. The van der Waals surface area contributed by atoms with E-state index in [0.29, 0.717) is 11.9 Å². The standard InChI is InChI=1S/C11H20BrNO/c1-9(2)11(14)13-8-4-3-5-10(13)6-7-12/h9-10H,3-8H2,1-2H3. The third-order valence-electron chi connectivity index (χ3n) is 2.85. The first-order valence-corrected chi connectivity index (χ1v) is 6.65. The number of amides is 1. The summed E-state index contributed by atoms with van der Waals surface area (Å²) in [4.78, 5) is 14.0. The van der Waals surface area contributed by atoms with E-state index in [1.54, 1.807) is 0 Å². The number of likely N-dealkylation sites (tertiary alicyclic amines) is 1. The SMILES string of the molecule is CC(C)C(=O)N1CCCCC1CCBr. The highest BCUT2D eigenvalue weighted by atomic mass is 79.9. The molecule has 1 amide bonds. The number of hydrogen-bond acceptors (Lipinski definition) is 1. The molecule has 82 valence electrons. The van der Waals surface area contributed by atoms with Crippen molar-refractivity contribution < 1.29 is 4.79 Å². The van der Waals surface area contributed by atoms with Gasteiger partial charge in [-0.2, -0.15) is 0 Å². The van der Waals surface area contributed by atoms with Crippen LogP contribution >= 0.6 is 15.9 Å². The van der Waals surface area contributed by atoms with Gasteiger partial charge in [0.25, 0.3) is 0 Å². The van der Waals surface area contributed by atoms with E-state index in [1.165, 1.54) is 19.3 Å². The first kappa shape index (κ1) is 12.0. The largest absolute Gasteiger partial charge is 0.339 e. The van der Waals surface area contributed by atoms with Crippen LogP contribution in [0.3, 0.4) is 0 Å². The van der Waals surface area contributed by atoms with E-state index >= 15 is 0 Å². The van der Waals surface area contributed by atoms with Crippen LogP contribution in [0.2, 0.25) is 0 Å². The summed E-state index contributed by atoms with van der Waals surface area (Å²) >= 11 is 3.46. The summed E-state index contributed by atoms with van der Waals surface area (Å²) in [6.07, 6.45) is 4.74. The van der Waals surface area contributed by atoms with Gasteiger partial charge in [0.05, 0.1) is 0 Å². The van der Waals surface area contributed by atoms with E-state index in [4.69, 9.17) is 0 Å². The van der Waals surface area contributed by atoms with Crippen LogP contribution in [-0.4, -0.2) is 28.7 Å². The Morgan fingerprint density at radius 2 is 2.21 bits per heavy atom. The number of nitrogens with zero attached hydrogens (tertiary/aromatic N) is 1. The molecule has 0 radical (unpaired) electrons. The fourth-order valence-corrected chi connectivity index (χ4v) is 2.58. The summed E-state index contributed by atoms with van der Waals surface area (Å²) in [6, 6.07) is 0.484. The Balaban J connectivity index is 2.57. The molecule has 1 unspecified atom stereocenters. The lowest BCUT2D eigenvalue weighted by molar-refractivity contribution is -0.138. The van der Waals surface area contributed by atoms with Gasteiger partial charge in [-0.05, 0) is 25.7 Å². The maximum absolute atomic E-state index is 11.9.